The molecule has 2 atom stereocenters. The normalized spacial score (nSPS) is 19.3. The summed E-state index contributed by atoms with van der Waals surface area (Å²) in [7, 11) is -3.25. The van der Waals surface area contributed by atoms with E-state index >= 15 is 0 Å². The number of amides is 2. The molecule has 2 aromatic rings. The highest BCUT2D eigenvalue weighted by Crippen LogP contribution is 2.36. The zero-order valence-electron chi connectivity index (χ0n) is 20.3. The maximum absolute atomic E-state index is 13.2. The van der Waals surface area contributed by atoms with E-state index in [1.165, 1.54) is 18.4 Å². The number of benzene rings is 1. The number of nitrogens with zero attached hydrogens (tertiary/aromatic N) is 2. The van der Waals surface area contributed by atoms with Crippen LogP contribution in [-0.2, 0) is 42.5 Å². The number of thiazole rings is 1. The van der Waals surface area contributed by atoms with Gasteiger partial charge in [0.1, 0.15) is 5.54 Å². The predicted octanol–water partition coefficient (Wildman–Crippen LogP) is 3.00. The molecule has 1 heterocycles. The van der Waals surface area contributed by atoms with E-state index in [1.54, 1.807) is 36.6 Å². The SMILES string of the molecule is CCc1nc(C2(NC(=O)OC)C=CC=C[C@@H]2N(CC)S(=O)(=O)ONC(=O)CCc2ccccc2)cs1. The number of ether oxygens (including phenoxy) is 1. The van der Waals surface area contributed by atoms with E-state index in [4.69, 9.17) is 9.02 Å². The third-order valence-corrected chi connectivity index (χ3v) is 8.00. The van der Waals surface area contributed by atoms with Gasteiger partial charge in [-0.1, -0.05) is 68.5 Å². The van der Waals surface area contributed by atoms with Crippen LogP contribution < -0.4 is 10.8 Å². The van der Waals surface area contributed by atoms with Crippen molar-refractivity contribution < 1.29 is 27.0 Å². The minimum Gasteiger partial charge on any atom is -0.453 e. The Morgan fingerprint density at radius 2 is 1.94 bits per heavy atom. The molecular weight excluding hydrogens is 504 g/mol. The number of nitrogens with one attached hydrogen (secondary N) is 2. The number of carbonyl (C=O) groups excluding carboxylic acids is 2. The summed E-state index contributed by atoms with van der Waals surface area (Å²) in [4.78, 5) is 29.3. The molecule has 2 amide bonds. The molecule has 0 aliphatic heterocycles. The molecule has 1 aliphatic rings. The van der Waals surface area contributed by atoms with Crippen LogP contribution in [0.25, 0.3) is 0 Å². The Kier molecular flexibility index (Phi) is 9.37. The quantitative estimate of drug-likeness (QED) is 0.424. The first-order valence-electron chi connectivity index (χ1n) is 11.5. The molecule has 0 spiro atoms. The van der Waals surface area contributed by atoms with Crippen molar-refractivity contribution >= 4 is 33.6 Å². The first-order chi connectivity index (χ1) is 17.3. The zero-order valence-corrected chi connectivity index (χ0v) is 22.0. The van der Waals surface area contributed by atoms with Gasteiger partial charge in [0.15, 0.2) is 0 Å². The second kappa shape index (κ2) is 12.3. The maximum Gasteiger partial charge on any atom is 0.407 e. The second-order valence-corrected chi connectivity index (χ2v) is 10.3. The Labute approximate surface area is 215 Å². The minimum atomic E-state index is -4.47. The number of hydrogen-bond donors (Lipinski definition) is 2. The number of methoxy groups -OCH3 is 1. The van der Waals surface area contributed by atoms with E-state index < -0.39 is 33.9 Å². The predicted molar refractivity (Wildman–Crippen MR) is 136 cm³/mol. The van der Waals surface area contributed by atoms with Crippen molar-refractivity contribution in [3.8, 4) is 0 Å². The maximum atomic E-state index is 13.2. The van der Waals surface area contributed by atoms with Gasteiger partial charge in [-0.2, -0.15) is 12.7 Å². The fourth-order valence-corrected chi connectivity index (χ4v) is 5.78. The number of aryl methyl sites for hydroxylation is 2. The van der Waals surface area contributed by atoms with Gasteiger partial charge >= 0.3 is 16.4 Å². The monoisotopic (exact) mass is 534 g/mol. The largest absolute Gasteiger partial charge is 0.453 e. The third kappa shape index (κ3) is 6.38. The highest BCUT2D eigenvalue weighted by Gasteiger charge is 2.48. The Hall–Kier alpha value is -3.06. The number of allylic oxidation sites excluding steroid dienone is 2. The van der Waals surface area contributed by atoms with Crippen molar-refractivity contribution in [1.82, 2.24) is 20.1 Å². The van der Waals surface area contributed by atoms with Crippen LogP contribution in [-0.4, -0.2) is 49.4 Å². The first kappa shape index (κ1) is 27.5. The molecule has 36 heavy (non-hydrogen) atoms. The van der Waals surface area contributed by atoms with Crippen LogP contribution in [0.5, 0.6) is 0 Å². The highest BCUT2D eigenvalue weighted by atomic mass is 32.2. The first-order valence-corrected chi connectivity index (χ1v) is 13.7. The van der Waals surface area contributed by atoms with Crippen LogP contribution in [0.1, 0.15) is 36.5 Å². The molecular formula is C24H30N4O6S2. The van der Waals surface area contributed by atoms with Crippen molar-refractivity contribution in [2.45, 2.75) is 44.7 Å². The lowest BCUT2D eigenvalue weighted by Crippen LogP contribution is -2.60. The summed E-state index contributed by atoms with van der Waals surface area (Å²) in [6.07, 6.45) is 7.06. The molecule has 0 radical (unpaired) electrons. The van der Waals surface area contributed by atoms with Gasteiger partial charge < -0.3 is 10.1 Å². The van der Waals surface area contributed by atoms with Gasteiger partial charge in [0.05, 0.1) is 23.9 Å². The van der Waals surface area contributed by atoms with Crippen molar-refractivity contribution in [2.24, 2.45) is 0 Å². The van der Waals surface area contributed by atoms with E-state index in [-0.39, 0.29) is 13.0 Å². The van der Waals surface area contributed by atoms with Gasteiger partial charge in [0, 0.05) is 18.3 Å². The number of carbonyl (C=O) groups is 2. The number of hydrogen-bond acceptors (Lipinski definition) is 8. The summed E-state index contributed by atoms with van der Waals surface area (Å²) in [5.74, 6) is -0.580. The zero-order chi connectivity index (χ0) is 26.2. The van der Waals surface area contributed by atoms with Crippen molar-refractivity contribution in [3.05, 3.63) is 76.3 Å². The summed E-state index contributed by atoms with van der Waals surface area (Å²) < 4.78 is 37.3. The number of aromatic nitrogens is 1. The average molecular weight is 535 g/mol. The van der Waals surface area contributed by atoms with Crippen molar-refractivity contribution in [1.29, 1.82) is 0 Å². The van der Waals surface area contributed by atoms with Crippen LogP contribution in [0.15, 0.2) is 60.0 Å². The van der Waals surface area contributed by atoms with Crippen molar-refractivity contribution in [2.75, 3.05) is 13.7 Å². The molecule has 1 aromatic carbocycles. The highest BCUT2D eigenvalue weighted by molar-refractivity contribution is 7.84. The van der Waals surface area contributed by atoms with Crippen LogP contribution in [0, 0.1) is 0 Å². The molecule has 0 saturated carbocycles. The Balaban J connectivity index is 1.83. The van der Waals surface area contributed by atoms with Crippen LogP contribution in [0.4, 0.5) is 4.79 Å². The van der Waals surface area contributed by atoms with E-state index in [0.29, 0.717) is 18.5 Å². The van der Waals surface area contributed by atoms with E-state index in [1.807, 2.05) is 42.7 Å². The summed E-state index contributed by atoms with van der Waals surface area (Å²) in [6, 6.07) is 8.40. The Morgan fingerprint density at radius 1 is 1.19 bits per heavy atom. The molecule has 0 fully saturated rings. The Morgan fingerprint density at radius 3 is 2.58 bits per heavy atom. The van der Waals surface area contributed by atoms with E-state index in [9.17, 15) is 18.0 Å². The van der Waals surface area contributed by atoms with Gasteiger partial charge in [-0.15, -0.1) is 15.6 Å². The number of hydroxylamine groups is 1. The lowest BCUT2D eigenvalue weighted by atomic mass is 9.83. The van der Waals surface area contributed by atoms with Crippen LogP contribution >= 0.6 is 11.3 Å². The minimum absolute atomic E-state index is 0.0135. The van der Waals surface area contributed by atoms with Gasteiger partial charge in [-0.3, -0.25) is 4.79 Å². The number of likely N-dealkylation sites (N-methyl/N-ethyl adjacent to an activating group) is 1. The average Bonchev–Trinajstić information content (AvgIpc) is 3.38. The van der Waals surface area contributed by atoms with Crippen LogP contribution in [0.3, 0.4) is 0 Å². The molecule has 194 valence electrons. The molecule has 0 saturated heterocycles. The molecule has 10 nitrogen and oxygen atoms in total. The molecule has 3 rings (SSSR count). The molecule has 1 aromatic heterocycles. The molecule has 1 unspecified atom stereocenters. The number of alkyl carbamates (subject to hydrolysis) is 1. The second-order valence-electron chi connectivity index (χ2n) is 7.91. The molecule has 2 N–H and O–H groups in total. The van der Waals surface area contributed by atoms with E-state index in [2.05, 4.69) is 10.3 Å². The third-order valence-electron chi connectivity index (χ3n) is 5.66. The molecule has 0 bridgehead atoms. The smallest absolute Gasteiger partial charge is 0.407 e. The topological polar surface area (TPSA) is 127 Å². The lowest BCUT2D eigenvalue weighted by molar-refractivity contribution is -0.127. The summed E-state index contributed by atoms with van der Waals surface area (Å²) in [6.45, 7) is 3.57. The summed E-state index contributed by atoms with van der Waals surface area (Å²) >= 11 is 1.41. The van der Waals surface area contributed by atoms with Gasteiger partial charge in [-0.05, 0) is 18.4 Å². The van der Waals surface area contributed by atoms with Gasteiger partial charge in [-0.25, -0.2) is 15.3 Å². The molecule has 12 heteroatoms. The fourth-order valence-electron chi connectivity index (χ4n) is 3.84. The molecule has 1 aliphatic carbocycles. The van der Waals surface area contributed by atoms with Crippen molar-refractivity contribution in [3.63, 3.8) is 0 Å². The van der Waals surface area contributed by atoms with Gasteiger partial charge in [0.2, 0.25) is 5.91 Å². The summed E-state index contributed by atoms with van der Waals surface area (Å²) in [5.41, 5.74) is 2.08. The van der Waals surface area contributed by atoms with Crippen LogP contribution in [0.2, 0.25) is 0 Å². The van der Waals surface area contributed by atoms with Gasteiger partial charge in [0.25, 0.3) is 0 Å². The summed E-state index contributed by atoms with van der Waals surface area (Å²) in [5, 5.41) is 5.37. The fraction of sp³-hybridized carbons (Fsp3) is 0.375. The number of rotatable bonds is 11. The standard InChI is InChI=1S/C24H30N4O6S2/c1-4-22-25-19(17-35-22)24(26-23(30)33-3)16-10-9-13-20(24)28(5-2)36(31,32)34-27-21(29)15-14-18-11-7-6-8-12-18/h6-13,16-17,20H,4-5,14-15H2,1-3H3,(H,26,30)(H,27,29)/t20-,24?/m0/s1. The lowest BCUT2D eigenvalue weighted by Gasteiger charge is -2.42. The van der Waals surface area contributed by atoms with E-state index in [0.717, 1.165) is 14.9 Å². The Bertz CT molecular complexity index is 1210.